The zero-order valence-corrected chi connectivity index (χ0v) is 11.5. The molecule has 19 heavy (non-hydrogen) atoms. The number of pyridine rings is 1. The minimum atomic E-state index is -0.404. The molecule has 0 saturated heterocycles. The van der Waals surface area contributed by atoms with E-state index in [0.717, 1.165) is 0 Å². The molecule has 2 rings (SSSR count). The summed E-state index contributed by atoms with van der Waals surface area (Å²) in [6, 6.07) is 3.10. The molecule has 2 heterocycles. The summed E-state index contributed by atoms with van der Waals surface area (Å²) in [5, 5.41) is 8.63. The van der Waals surface area contributed by atoms with Gasteiger partial charge in [0, 0.05) is 16.7 Å². The topological polar surface area (TPSA) is 102 Å². The lowest BCUT2D eigenvalue weighted by molar-refractivity contribution is -0.116. The Morgan fingerprint density at radius 3 is 3.05 bits per heavy atom. The molecule has 0 radical (unpaired) electrons. The minimum Gasteiger partial charge on any atom is -0.466 e. The van der Waals surface area contributed by atoms with Crippen LogP contribution in [0.15, 0.2) is 27.6 Å². The van der Waals surface area contributed by atoms with Gasteiger partial charge in [-0.3, -0.25) is 14.9 Å². The van der Waals surface area contributed by atoms with Crippen molar-refractivity contribution in [1.82, 2.24) is 19.7 Å². The lowest BCUT2D eigenvalue weighted by atomic mass is 10.4. The Morgan fingerprint density at radius 2 is 2.37 bits per heavy atom. The first-order valence-electron chi connectivity index (χ1n) is 5.20. The number of amides is 1. The van der Waals surface area contributed by atoms with Crippen LogP contribution in [-0.4, -0.2) is 32.8 Å². The highest BCUT2D eigenvalue weighted by Gasteiger charge is 2.09. The zero-order valence-electron chi connectivity index (χ0n) is 9.88. The van der Waals surface area contributed by atoms with E-state index in [9.17, 15) is 9.59 Å². The van der Waals surface area contributed by atoms with Crippen LogP contribution in [0.1, 0.15) is 0 Å². The van der Waals surface area contributed by atoms with Crippen molar-refractivity contribution in [3.8, 4) is 6.01 Å². The summed E-state index contributed by atoms with van der Waals surface area (Å²) < 4.78 is 6.74. The average molecular weight is 328 g/mol. The van der Waals surface area contributed by atoms with Gasteiger partial charge in [0.05, 0.1) is 7.11 Å². The maximum Gasteiger partial charge on any atom is 0.336 e. The van der Waals surface area contributed by atoms with Gasteiger partial charge in [-0.25, -0.2) is 5.10 Å². The molecule has 0 spiro atoms. The van der Waals surface area contributed by atoms with Crippen LogP contribution in [0.2, 0.25) is 0 Å². The third-order valence-corrected chi connectivity index (χ3v) is 2.64. The Balaban J connectivity index is 2.05. The van der Waals surface area contributed by atoms with Crippen LogP contribution in [0.3, 0.4) is 0 Å². The summed E-state index contributed by atoms with van der Waals surface area (Å²) in [4.78, 5) is 27.1. The van der Waals surface area contributed by atoms with E-state index in [1.807, 2.05) is 0 Å². The highest BCUT2D eigenvalue weighted by atomic mass is 79.9. The molecule has 0 saturated carbocycles. The maximum atomic E-state index is 11.7. The largest absolute Gasteiger partial charge is 0.466 e. The Labute approximate surface area is 115 Å². The number of carbonyl (C=O) groups is 1. The quantitative estimate of drug-likeness (QED) is 0.845. The summed E-state index contributed by atoms with van der Waals surface area (Å²) >= 11 is 3.23. The molecule has 0 atom stereocenters. The molecule has 0 fully saturated rings. The number of rotatable bonds is 4. The number of carbonyl (C=O) groups excluding carboxylic acids is 1. The molecule has 2 aromatic rings. The SMILES string of the molecule is COc1n[nH]c(NC(=O)Cn2cc(Br)ccc2=O)n1. The van der Waals surface area contributed by atoms with Crippen molar-refractivity contribution < 1.29 is 9.53 Å². The third kappa shape index (κ3) is 3.41. The number of ether oxygens (including phenoxy) is 1. The molecule has 0 unspecified atom stereocenters. The number of halogens is 1. The highest BCUT2D eigenvalue weighted by Crippen LogP contribution is 2.06. The van der Waals surface area contributed by atoms with Crippen LogP contribution < -0.4 is 15.6 Å². The summed E-state index contributed by atoms with van der Waals surface area (Å²) in [5.41, 5.74) is -0.270. The predicted molar refractivity (Wildman–Crippen MR) is 70.0 cm³/mol. The van der Waals surface area contributed by atoms with E-state index in [1.165, 1.54) is 23.9 Å². The average Bonchev–Trinajstić information content (AvgIpc) is 2.81. The van der Waals surface area contributed by atoms with Crippen LogP contribution in [0.4, 0.5) is 5.95 Å². The number of anilines is 1. The van der Waals surface area contributed by atoms with E-state index in [4.69, 9.17) is 4.74 Å². The lowest BCUT2D eigenvalue weighted by Crippen LogP contribution is -2.27. The van der Waals surface area contributed by atoms with Crippen molar-refractivity contribution in [1.29, 1.82) is 0 Å². The van der Waals surface area contributed by atoms with Crippen molar-refractivity contribution in [2.45, 2.75) is 6.54 Å². The van der Waals surface area contributed by atoms with E-state index in [0.29, 0.717) is 4.47 Å². The molecular weight excluding hydrogens is 318 g/mol. The van der Waals surface area contributed by atoms with Crippen LogP contribution in [0, 0.1) is 0 Å². The van der Waals surface area contributed by atoms with Gasteiger partial charge < -0.3 is 9.30 Å². The number of hydrogen-bond acceptors (Lipinski definition) is 5. The van der Waals surface area contributed by atoms with Crippen molar-refractivity contribution in [3.63, 3.8) is 0 Å². The second-order valence-corrected chi connectivity index (χ2v) is 4.45. The van der Waals surface area contributed by atoms with Crippen molar-refractivity contribution >= 4 is 27.8 Å². The molecule has 2 aromatic heterocycles. The molecule has 0 aliphatic carbocycles. The molecular formula is C10H10BrN5O3. The van der Waals surface area contributed by atoms with E-state index in [2.05, 4.69) is 36.4 Å². The molecule has 0 bridgehead atoms. The van der Waals surface area contributed by atoms with Crippen molar-refractivity contribution in [2.75, 3.05) is 12.4 Å². The fourth-order valence-electron chi connectivity index (χ4n) is 1.35. The van der Waals surface area contributed by atoms with Gasteiger partial charge in [-0.05, 0) is 22.0 Å². The summed E-state index contributed by atoms with van der Waals surface area (Å²) in [7, 11) is 1.41. The molecule has 0 aliphatic rings. The molecule has 0 aliphatic heterocycles. The number of aromatic nitrogens is 4. The van der Waals surface area contributed by atoms with Gasteiger partial charge in [-0.1, -0.05) is 0 Å². The molecule has 100 valence electrons. The van der Waals surface area contributed by atoms with Crippen LogP contribution in [-0.2, 0) is 11.3 Å². The smallest absolute Gasteiger partial charge is 0.336 e. The van der Waals surface area contributed by atoms with E-state index in [-0.39, 0.29) is 24.1 Å². The Kier molecular flexibility index (Phi) is 3.95. The van der Waals surface area contributed by atoms with Gasteiger partial charge in [0.25, 0.3) is 5.56 Å². The molecule has 9 heteroatoms. The van der Waals surface area contributed by atoms with E-state index >= 15 is 0 Å². The van der Waals surface area contributed by atoms with Gasteiger partial charge in [-0.2, -0.15) is 4.98 Å². The molecule has 8 nitrogen and oxygen atoms in total. The number of nitrogens with one attached hydrogen (secondary N) is 2. The van der Waals surface area contributed by atoms with Gasteiger partial charge in [0.15, 0.2) is 0 Å². The van der Waals surface area contributed by atoms with E-state index in [1.54, 1.807) is 6.07 Å². The van der Waals surface area contributed by atoms with Gasteiger partial charge in [0.2, 0.25) is 11.9 Å². The Morgan fingerprint density at radius 1 is 1.58 bits per heavy atom. The maximum absolute atomic E-state index is 11.7. The predicted octanol–water partition coefficient (Wildman–Crippen LogP) is 0.376. The van der Waals surface area contributed by atoms with E-state index < -0.39 is 5.91 Å². The van der Waals surface area contributed by atoms with Crippen LogP contribution in [0.5, 0.6) is 6.01 Å². The second kappa shape index (κ2) is 5.65. The second-order valence-electron chi connectivity index (χ2n) is 3.53. The third-order valence-electron chi connectivity index (χ3n) is 2.17. The van der Waals surface area contributed by atoms with Crippen LogP contribution >= 0.6 is 15.9 Å². The normalized spacial score (nSPS) is 10.2. The highest BCUT2D eigenvalue weighted by molar-refractivity contribution is 9.10. The van der Waals surface area contributed by atoms with Crippen molar-refractivity contribution in [3.05, 3.63) is 33.2 Å². The summed E-state index contributed by atoms with van der Waals surface area (Å²) in [6.45, 7) is -0.124. The minimum absolute atomic E-state index is 0.120. The fraction of sp³-hybridized carbons (Fsp3) is 0.200. The number of H-pyrrole nitrogens is 1. The van der Waals surface area contributed by atoms with Gasteiger partial charge in [-0.15, -0.1) is 5.10 Å². The first-order chi connectivity index (χ1) is 9.08. The zero-order chi connectivity index (χ0) is 13.8. The summed E-state index contributed by atoms with van der Waals surface area (Å²) in [5.74, 6) is -0.246. The monoisotopic (exact) mass is 327 g/mol. The van der Waals surface area contributed by atoms with Gasteiger partial charge >= 0.3 is 6.01 Å². The molecule has 1 amide bonds. The first kappa shape index (κ1) is 13.3. The standard InChI is InChI=1S/C10H10BrN5O3/c1-19-10-13-9(14-15-10)12-7(17)5-16-4-6(11)2-3-8(16)18/h2-4H,5H2,1H3,(H2,12,13,14,15,17). The lowest BCUT2D eigenvalue weighted by Gasteiger charge is -2.05. The number of nitrogens with zero attached hydrogens (tertiary/aromatic N) is 3. The molecule has 0 aromatic carbocycles. The van der Waals surface area contributed by atoms with Gasteiger partial charge in [0.1, 0.15) is 6.54 Å². The van der Waals surface area contributed by atoms with Crippen LogP contribution in [0.25, 0.3) is 0 Å². The number of methoxy groups -OCH3 is 1. The first-order valence-corrected chi connectivity index (χ1v) is 6.00. The Hall–Kier alpha value is -2.16. The number of aromatic amines is 1. The fourth-order valence-corrected chi connectivity index (χ4v) is 1.72. The number of hydrogen-bond donors (Lipinski definition) is 2. The molecule has 2 N–H and O–H groups in total. The Bertz CT molecular complexity index is 651. The van der Waals surface area contributed by atoms with Crippen molar-refractivity contribution in [2.24, 2.45) is 0 Å². The summed E-state index contributed by atoms with van der Waals surface area (Å²) in [6.07, 6.45) is 1.53.